The van der Waals surface area contributed by atoms with Gasteiger partial charge in [0.05, 0.1) is 4.88 Å². The highest BCUT2D eigenvalue weighted by Crippen LogP contribution is 2.34. The lowest BCUT2D eigenvalue weighted by Gasteiger charge is -2.36. The van der Waals surface area contributed by atoms with Gasteiger partial charge in [0.25, 0.3) is 11.8 Å². The van der Waals surface area contributed by atoms with Crippen molar-refractivity contribution in [1.29, 1.82) is 0 Å². The molecule has 162 valence electrons. The third-order valence-corrected chi connectivity index (χ3v) is 6.91. The molecular weight excluding hydrogens is 415 g/mol. The van der Waals surface area contributed by atoms with Crippen molar-refractivity contribution in [3.05, 3.63) is 64.8 Å². The van der Waals surface area contributed by atoms with E-state index in [2.05, 4.69) is 5.32 Å². The van der Waals surface area contributed by atoms with Gasteiger partial charge in [-0.15, -0.1) is 11.3 Å². The normalized spacial score (nSPS) is 16.3. The highest BCUT2D eigenvalue weighted by molar-refractivity contribution is 7.21. The van der Waals surface area contributed by atoms with Gasteiger partial charge in [0.1, 0.15) is 11.6 Å². The zero-order chi connectivity index (χ0) is 21.8. The van der Waals surface area contributed by atoms with Gasteiger partial charge in [-0.3, -0.25) is 9.59 Å². The highest BCUT2D eigenvalue weighted by atomic mass is 32.1. The average Bonchev–Trinajstić information content (AvgIpc) is 3.17. The first-order valence-electron chi connectivity index (χ1n) is 10.5. The predicted molar refractivity (Wildman–Crippen MR) is 120 cm³/mol. The zero-order valence-electron chi connectivity index (χ0n) is 17.4. The molecule has 2 heterocycles. The summed E-state index contributed by atoms with van der Waals surface area (Å²) < 4.78 is 19.7. The molecule has 0 radical (unpaired) electrons. The maximum atomic E-state index is 13.1. The Hall–Kier alpha value is -2.93. The highest BCUT2D eigenvalue weighted by Gasteiger charge is 2.29. The molecule has 0 unspecified atom stereocenters. The number of nitrogens with zero attached hydrogens (tertiary/aromatic N) is 1. The number of benzene rings is 2. The van der Waals surface area contributed by atoms with Crippen molar-refractivity contribution >= 4 is 33.2 Å². The van der Waals surface area contributed by atoms with E-state index in [0.717, 1.165) is 34.9 Å². The number of fused-ring (bicyclic) bond motifs is 1. The van der Waals surface area contributed by atoms with E-state index in [9.17, 15) is 14.0 Å². The summed E-state index contributed by atoms with van der Waals surface area (Å²) in [5, 5.41) is 3.82. The number of likely N-dealkylation sites (tertiary alicyclic amines) is 1. The Bertz CT molecular complexity index is 1080. The molecule has 5 nitrogen and oxygen atoms in total. The molecule has 1 aromatic heterocycles. The summed E-state index contributed by atoms with van der Waals surface area (Å²) in [6.45, 7) is 0.586. The van der Waals surface area contributed by atoms with Gasteiger partial charge in [-0.05, 0) is 67.0 Å². The molecule has 1 aliphatic heterocycles. The summed E-state index contributed by atoms with van der Waals surface area (Å²) in [5.74, 6) is -0.0571. The lowest BCUT2D eigenvalue weighted by Crippen LogP contribution is -2.47. The van der Waals surface area contributed by atoms with E-state index in [1.807, 2.05) is 29.2 Å². The molecule has 7 heteroatoms. The van der Waals surface area contributed by atoms with Crippen molar-refractivity contribution in [1.82, 2.24) is 10.2 Å². The Labute approximate surface area is 184 Å². The first-order valence-corrected chi connectivity index (χ1v) is 11.3. The maximum Gasteiger partial charge on any atom is 0.261 e. The van der Waals surface area contributed by atoms with E-state index in [-0.39, 0.29) is 30.3 Å². The van der Waals surface area contributed by atoms with Gasteiger partial charge in [-0.1, -0.05) is 18.2 Å². The van der Waals surface area contributed by atoms with Crippen molar-refractivity contribution in [3.8, 4) is 5.75 Å². The Balaban J connectivity index is 1.53. The van der Waals surface area contributed by atoms with Gasteiger partial charge in [-0.25, -0.2) is 4.39 Å². The van der Waals surface area contributed by atoms with Crippen LogP contribution >= 0.6 is 11.3 Å². The number of rotatable bonds is 6. The number of nitrogens with one attached hydrogen (secondary N) is 1. The second kappa shape index (κ2) is 9.47. The summed E-state index contributed by atoms with van der Waals surface area (Å²) in [6.07, 6.45) is 3.52. The van der Waals surface area contributed by atoms with E-state index in [1.54, 1.807) is 7.05 Å². The smallest absolute Gasteiger partial charge is 0.261 e. The molecule has 31 heavy (non-hydrogen) atoms. The number of hydrogen-bond donors (Lipinski definition) is 1. The molecule has 0 aliphatic carbocycles. The molecule has 0 saturated carbocycles. The topological polar surface area (TPSA) is 58.6 Å². The number of piperidine rings is 1. The van der Waals surface area contributed by atoms with Crippen LogP contribution in [0.3, 0.4) is 0 Å². The number of carbonyl (C=O) groups is 2. The van der Waals surface area contributed by atoms with Crippen LogP contribution in [0.4, 0.5) is 4.39 Å². The quantitative estimate of drug-likeness (QED) is 0.618. The Morgan fingerprint density at radius 1 is 1.16 bits per heavy atom. The molecule has 0 bridgehead atoms. The van der Waals surface area contributed by atoms with Crippen LogP contribution in [-0.2, 0) is 11.2 Å². The SMILES string of the molecule is CNC(=O)c1sc2ccccc2c1C[C@@H]1CCCCN1C(=O)COc1ccc(F)cc1. The van der Waals surface area contributed by atoms with Crippen molar-refractivity contribution in [3.63, 3.8) is 0 Å². The van der Waals surface area contributed by atoms with Gasteiger partial charge in [-0.2, -0.15) is 0 Å². The second-order valence-electron chi connectivity index (χ2n) is 7.67. The van der Waals surface area contributed by atoms with Crippen molar-refractivity contribution in [2.45, 2.75) is 31.7 Å². The van der Waals surface area contributed by atoms with E-state index in [0.29, 0.717) is 23.6 Å². The summed E-state index contributed by atoms with van der Waals surface area (Å²) in [6, 6.07) is 13.7. The minimum Gasteiger partial charge on any atom is -0.484 e. The van der Waals surface area contributed by atoms with Crippen LogP contribution in [0.15, 0.2) is 48.5 Å². The molecular formula is C24H25FN2O3S. The summed E-state index contributed by atoms with van der Waals surface area (Å²) in [7, 11) is 1.64. The van der Waals surface area contributed by atoms with Crippen LogP contribution in [0.1, 0.15) is 34.5 Å². The van der Waals surface area contributed by atoms with Gasteiger partial charge in [0.15, 0.2) is 6.61 Å². The van der Waals surface area contributed by atoms with Crippen molar-refractivity contribution in [2.24, 2.45) is 0 Å². The molecule has 4 rings (SSSR count). The summed E-state index contributed by atoms with van der Waals surface area (Å²) in [5.41, 5.74) is 1.00. The minimum atomic E-state index is -0.343. The lowest BCUT2D eigenvalue weighted by atomic mass is 9.94. The maximum absolute atomic E-state index is 13.1. The number of carbonyl (C=O) groups excluding carboxylic acids is 2. The van der Waals surface area contributed by atoms with Crippen LogP contribution < -0.4 is 10.1 Å². The van der Waals surface area contributed by atoms with Crippen LogP contribution in [0, 0.1) is 5.82 Å². The second-order valence-corrected chi connectivity index (χ2v) is 8.72. The van der Waals surface area contributed by atoms with Crippen LogP contribution in [0.5, 0.6) is 5.75 Å². The fourth-order valence-corrected chi connectivity index (χ4v) is 5.31. The molecule has 1 aliphatic rings. The van der Waals surface area contributed by atoms with Crippen LogP contribution in [-0.4, -0.2) is 43.0 Å². The van der Waals surface area contributed by atoms with Crippen molar-refractivity contribution in [2.75, 3.05) is 20.2 Å². The molecule has 1 atom stereocenters. The van der Waals surface area contributed by atoms with E-state index >= 15 is 0 Å². The number of hydrogen-bond acceptors (Lipinski definition) is 4. The third-order valence-electron chi connectivity index (χ3n) is 5.69. The number of halogens is 1. The Morgan fingerprint density at radius 2 is 1.94 bits per heavy atom. The number of amides is 2. The monoisotopic (exact) mass is 440 g/mol. The van der Waals surface area contributed by atoms with E-state index in [1.165, 1.54) is 35.6 Å². The Morgan fingerprint density at radius 3 is 2.71 bits per heavy atom. The van der Waals surface area contributed by atoms with Gasteiger partial charge < -0.3 is 15.0 Å². The average molecular weight is 441 g/mol. The number of ether oxygens (including phenoxy) is 1. The molecule has 2 amide bonds. The fraction of sp³-hybridized carbons (Fsp3) is 0.333. The molecule has 1 N–H and O–H groups in total. The van der Waals surface area contributed by atoms with E-state index < -0.39 is 0 Å². The standard InChI is InChI=1S/C24H25FN2O3S/c1-26-24(29)23-20(19-7-2-3-8-21(19)31-23)14-17-6-4-5-13-27(17)22(28)15-30-18-11-9-16(25)10-12-18/h2-3,7-12,17H,4-6,13-15H2,1H3,(H,26,29)/t17-/m0/s1. The van der Waals surface area contributed by atoms with Crippen molar-refractivity contribution < 1.29 is 18.7 Å². The van der Waals surface area contributed by atoms with E-state index in [4.69, 9.17) is 4.74 Å². The lowest BCUT2D eigenvalue weighted by molar-refractivity contribution is -0.137. The molecule has 3 aromatic rings. The van der Waals surface area contributed by atoms with Gasteiger partial charge in [0, 0.05) is 24.3 Å². The zero-order valence-corrected chi connectivity index (χ0v) is 18.2. The van der Waals surface area contributed by atoms with Gasteiger partial charge in [0.2, 0.25) is 0 Å². The Kier molecular flexibility index (Phi) is 6.51. The third kappa shape index (κ3) is 4.71. The van der Waals surface area contributed by atoms with Crippen LogP contribution in [0.2, 0.25) is 0 Å². The molecule has 1 saturated heterocycles. The first kappa shape index (κ1) is 21.3. The largest absolute Gasteiger partial charge is 0.484 e. The predicted octanol–water partition coefficient (Wildman–Crippen LogP) is 4.40. The minimum absolute atomic E-state index is 0.0134. The molecule has 2 aromatic carbocycles. The molecule has 0 spiro atoms. The number of thiophene rings is 1. The summed E-state index contributed by atoms with van der Waals surface area (Å²) in [4.78, 5) is 28.1. The fourth-order valence-electron chi connectivity index (χ4n) is 4.13. The van der Waals surface area contributed by atoms with Gasteiger partial charge >= 0.3 is 0 Å². The first-order chi connectivity index (χ1) is 15.1. The van der Waals surface area contributed by atoms with Crippen LogP contribution in [0.25, 0.3) is 10.1 Å². The summed E-state index contributed by atoms with van der Waals surface area (Å²) >= 11 is 1.49. The molecule has 1 fully saturated rings.